The zero-order valence-electron chi connectivity index (χ0n) is 14.0. The summed E-state index contributed by atoms with van der Waals surface area (Å²) in [4.78, 5) is 24.0. The van der Waals surface area contributed by atoms with Crippen LogP contribution in [0.4, 0.5) is 0 Å². The van der Waals surface area contributed by atoms with Crippen molar-refractivity contribution in [2.45, 2.75) is 37.8 Å². The van der Waals surface area contributed by atoms with Crippen LogP contribution < -0.4 is 10.1 Å². The van der Waals surface area contributed by atoms with Crippen molar-refractivity contribution in [3.8, 4) is 5.75 Å². The Morgan fingerprint density at radius 3 is 2.52 bits per heavy atom. The van der Waals surface area contributed by atoms with Gasteiger partial charge in [0.2, 0.25) is 0 Å². The fourth-order valence-corrected chi connectivity index (χ4v) is 3.12. The van der Waals surface area contributed by atoms with Gasteiger partial charge in [-0.25, -0.2) is 4.79 Å². The predicted molar refractivity (Wildman–Crippen MR) is 90.6 cm³/mol. The third-order valence-electron chi connectivity index (χ3n) is 4.51. The first-order chi connectivity index (χ1) is 12.1. The molecule has 1 aromatic carbocycles. The molecule has 132 valence electrons. The highest BCUT2D eigenvalue weighted by atomic mass is 16.5. The molecule has 1 aromatic heterocycles. The fraction of sp³-hybridized carbons (Fsp3) is 0.389. The van der Waals surface area contributed by atoms with E-state index in [0.717, 1.165) is 12.8 Å². The summed E-state index contributed by atoms with van der Waals surface area (Å²) in [6, 6.07) is 7.37. The highest BCUT2D eigenvalue weighted by Gasteiger charge is 2.25. The van der Waals surface area contributed by atoms with Gasteiger partial charge in [-0.15, -0.1) is 0 Å². The average molecular weight is 343 g/mol. The Balaban J connectivity index is 1.73. The van der Waals surface area contributed by atoms with Crippen LogP contribution in [0, 0.1) is 0 Å². The molecule has 7 heteroatoms. The van der Waals surface area contributed by atoms with Crippen LogP contribution in [-0.4, -0.2) is 33.9 Å². The van der Waals surface area contributed by atoms with Gasteiger partial charge in [-0.1, -0.05) is 25.0 Å². The molecule has 0 bridgehead atoms. The number of benzene rings is 1. The van der Waals surface area contributed by atoms with Gasteiger partial charge in [0.25, 0.3) is 5.91 Å². The van der Waals surface area contributed by atoms with Gasteiger partial charge in [-0.3, -0.25) is 9.48 Å². The minimum atomic E-state index is -1.14. The van der Waals surface area contributed by atoms with E-state index < -0.39 is 17.9 Å². The predicted octanol–water partition coefficient (Wildman–Crippen LogP) is 2.56. The molecule has 1 saturated carbocycles. The minimum absolute atomic E-state index is 0.228. The molecule has 0 spiro atoms. The summed E-state index contributed by atoms with van der Waals surface area (Å²) in [7, 11) is 1.53. The summed E-state index contributed by atoms with van der Waals surface area (Å²) in [5, 5.41) is 16.3. The smallest absolute Gasteiger partial charge is 0.330 e. The molecule has 1 fully saturated rings. The van der Waals surface area contributed by atoms with E-state index in [1.165, 1.54) is 20.0 Å². The molecule has 0 radical (unpaired) electrons. The quantitative estimate of drug-likeness (QED) is 0.841. The largest absolute Gasteiger partial charge is 0.497 e. The maximum atomic E-state index is 12.4. The van der Waals surface area contributed by atoms with Crippen LogP contribution in [0.5, 0.6) is 5.75 Å². The molecular weight excluding hydrogens is 322 g/mol. The first-order valence-corrected chi connectivity index (χ1v) is 8.31. The molecule has 1 heterocycles. The van der Waals surface area contributed by atoms with Gasteiger partial charge in [0.05, 0.1) is 13.2 Å². The zero-order chi connectivity index (χ0) is 17.8. The number of methoxy groups -OCH3 is 1. The second-order valence-corrected chi connectivity index (χ2v) is 6.14. The molecule has 0 aliphatic heterocycles. The van der Waals surface area contributed by atoms with Gasteiger partial charge in [0.1, 0.15) is 11.4 Å². The lowest BCUT2D eigenvalue weighted by Gasteiger charge is -2.14. The van der Waals surface area contributed by atoms with E-state index in [1.807, 2.05) is 4.68 Å². The van der Waals surface area contributed by atoms with Crippen LogP contribution in [0.25, 0.3) is 0 Å². The monoisotopic (exact) mass is 343 g/mol. The number of nitrogens with one attached hydrogen (secondary N) is 1. The molecule has 25 heavy (non-hydrogen) atoms. The van der Waals surface area contributed by atoms with Crippen molar-refractivity contribution in [2.24, 2.45) is 0 Å². The van der Waals surface area contributed by atoms with E-state index in [1.54, 1.807) is 36.5 Å². The Hall–Kier alpha value is -2.83. The normalized spacial score (nSPS) is 15.7. The van der Waals surface area contributed by atoms with Crippen LogP contribution in [-0.2, 0) is 4.79 Å². The van der Waals surface area contributed by atoms with Crippen LogP contribution in [0.1, 0.15) is 53.8 Å². The van der Waals surface area contributed by atoms with E-state index >= 15 is 0 Å². The Kier molecular flexibility index (Phi) is 5.02. The standard InChI is InChI=1S/C18H21N3O4/c1-25-14-8-6-12(7-9-14)16(18(23)24)19-17(22)15-10-11-21(20-15)13-4-2-3-5-13/h6-11,13,16H,2-5H2,1H3,(H,19,22)(H,23,24). The van der Waals surface area contributed by atoms with Crippen LogP contribution in [0.15, 0.2) is 36.5 Å². The molecule has 1 aliphatic rings. The zero-order valence-corrected chi connectivity index (χ0v) is 14.0. The van der Waals surface area contributed by atoms with Crippen molar-refractivity contribution < 1.29 is 19.4 Å². The van der Waals surface area contributed by atoms with Crippen molar-refractivity contribution in [3.63, 3.8) is 0 Å². The van der Waals surface area contributed by atoms with Crippen LogP contribution in [0.2, 0.25) is 0 Å². The molecule has 2 aromatic rings. The molecule has 0 saturated heterocycles. The molecule has 1 unspecified atom stereocenters. The average Bonchev–Trinajstić information content (AvgIpc) is 3.30. The minimum Gasteiger partial charge on any atom is -0.497 e. The SMILES string of the molecule is COc1ccc(C(NC(=O)c2ccn(C3CCCC3)n2)C(=O)O)cc1. The van der Waals surface area contributed by atoms with Crippen molar-refractivity contribution >= 4 is 11.9 Å². The number of nitrogens with zero attached hydrogens (tertiary/aromatic N) is 2. The lowest BCUT2D eigenvalue weighted by atomic mass is 10.1. The summed E-state index contributed by atoms with van der Waals surface area (Å²) >= 11 is 0. The second kappa shape index (κ2) is 7.38. The molecule has 1 aliphatic carbocycles. The Bertz CT molecular complexity index is 748. The Morgan fingerprint density at radius 1 is 1.24 bits per heavy atom. The summed E-state index contributed by atoms with van der Waals surface area (Å²) < 4.78 is 6.87. The third kappa shape index (κ3) is 3.81. The summed E-state index contributed by atoms with van der Waals surface area (Å²) in [5.41, 5.74) is 0.698. The molecular formula is C18H21N3O4. The first-order valence-electron chi connectivity index (χ1n) is 8.31. The summed E-state index contributed by atoms with van der Waals surface area (Å²) in [5.74, 6) is -1.01. The summed E-state index contributed by atoms with van der Waals surface area (Å²) in [6.07, 6.45) is 6.25. The highest BCUT2D eigenvalue weighted by molar-refractivity contribution is 5.95. The number of ether oxygens (including phenoxy) is 1. The number of carbonyl (C=O) groups excluding carboxylic acids is 1. The molecule has 7 nitrogen and oxygen atoms in total. The highest BCUT2D eigenvalue weighted by Crippen LogP contribution is 2.28. The van der Waals surface area contributed by atoms with Gasteiger partial charge in [0, 0.05) is 6.20 Å². The fourth-order valence-electron chi connectivity index (χ4n) is 3.12. The number of carboxylic acid groups (broad SMARTS) is 1. The van der Waals surface area contributed by atoms with E-state index in [0.29, 0.717) is 17.4 Å². The van der Waals surface area contributed by atoms with Crippen LogP contribution in [0.3, 0.4) is 0 Å². The van der Waals surface area contributed by atoms with Crippen molar-refractivity contribution in [1.29, 1.82) is 0 Å². The van der Waals surface area contributed by atoms with Gasteiger partial charge < -0.3 is 15.2 Å². The van der Waals surface area contributed by atoms with Crippen molar-refractivity contribution in [1.82, 2.24) is 15.1 Å². The van der Waals surface area contributed by atoms with Crippen LogP contribution >= 0.6 is 0 Å². The third-order valence-corrected chi connectivity index (χ3v) is 4.51. The molecule has 2 N–H and O–H groups in total. The maximum Gasteiger partial charge on any atom is 0.330 e. The summed E-state index contributed by atoms with van der Waals surface area (Å²) in [6.45, 7) is 0. The van der Waals surface area contributed by atoms with Crippen molar-refractivity contribution in [3.05, 3.63) is 47.8 Å². The molecule has 3 rings (SSSR count). The maximum absolute atomic E-state index is 12.4. The molecule has 1 amide bonds. The number of aliphatic carboxylic acids is 1. The topological polar surface area (TPSA) is 93.5 Å². The number of hydrogen-bond donors (Lipinski definition) is 2. The second-order valence-electron chi connectivity index (χ2n) is 6.14. The van der Waals surface area contributed by atoms with Gasteiger partial charge >= 0.3 is 5.97 Å². The first kappa shape index (κ1) is 17.0. The Labute approximate surface area is 145 Å². The van der Waals surface area contributed by atoms with Gasteiger partial charge in [-0.05, 0) is 36.6 Å². The number of carbonyl (C=O) groups is 2. The van der Waals surface area contributed by atoms with E-state index in [2.05, 4.69) is 10.4 Å². The number of rotatable bonds is 6. The lowest BCUT2D eigenvalue weighted by Crippen LogP contribution is -2.34. The van der Waals surface area contributed by atoms with E-state index in [4.69, 9.17) is 4.74 Å². The number of carboxylic acids is 1. The number of hydrogen-bond acceptors (Lipinski definition) is 4. The number of amides is 1. The van der Waals surface area contributed by atoms with Crippen molar-refractivity contribution in [2.75, 3.05) is 7.11 Å². The number of aromatic nitrogens is 2. The van der Waals surface area contributed by atoms with E-state index in [-0.39, 0.29) is 5.69 Å². The Morgan fingerprint density at radius 2 is 1.92 bits per heavy atom. The molecule has 1 atom stereocenters. The van der Waals surface area contributed by atoms with E-state index in [9.17, 15) is 14.7 Å². The lowest BCUT2D eigenvalue weighted by molar-refractivity contribution is -0.139. The van der Waals surface area contributed by atoms with Gasteiger partial charge in [0.15, 0.2) is 6.04 Å². The van der Waals surface area contributed by atoms with Gasteiger partial charge in [-0.2, -0.15) is 5.10 Å².